The Labute approximate surface area is 157 Å². The molecule has 26 heavy (non-hydrogen) atoms. The minimum Gasteiger partial charge on any atom is -0.342 e. The zero-order chi connectivity index (χ0) is 18.8. The molecule has 2 fully saturated rings. The number of benzene rings is 1. The van der Waals surface area contributed by atoms with Crippen LogP contribution in [0.4, 0.5) is 0 Å². The van der Waals surface area contributed by atoms with Gasteiger partial charge >= 0.3 is 0 Å². The van der Waals surface area contributed by atoms with Gasteiger partial charge in [-0.2, -0.15) is 17.0 Å². The molecule has 144 valence electrons. The SMILES string of the molecule is CN(C)S(=O)(=O)N1CCC2(CC1)CC(=O)N(CCCc1ccccc1)C2. The van der Waals surface area contributed by atoms with Crippen molar-refractivity contribution in [3.8, 4) is 0 Å². The van der Waals surface area contributed by atoms with Crippen LogP contribution in [0.1, 0.15) is 31.2 Å². The molecular formula is C19H29N3O3S. The number of likely N-dealkylation sites (tertiary alicyclic amines) is 1. The van der Waals surface area contributed by atoms with Gasteiger partial charge in [0.1, 0.15) is 0 Å². The highest BCUT2D eigenvalue weighted by Crippen LogP contribution is 2.41. The van der Waals surface area contributed by atoms with Crippen LogP contribution in [0.5, 0.6) is 0 Å². The van der Waals surface area contributed by atoms with Crippen LogP contribution in [0.3, 0.4) is 0 Å². The van der Waals surface area contributed by atoms with E-state index in [4.69, 9.17) is 0 Å². The predicted molar refractivity (Wildman–Crippen MR) is 102 cm³/mol. The van der Waals surface area contributed by atoms with Gasteiger partial charge in [0.05, 0.1) is 0 Å². The fourth-order valence-electron chi connectivity index (χ4n) is 4.06. The molecule has 0 aliphatic carbocycles. The van der Waals surface area contributed by atoms with Crippen LogP contribution >= 0.6 is 0 Å². The molecule has 0 unspecified atom stereocenters. The van der Waals surface area contributed by atoms with Crippen molar-refractivity contribution in [1.82, 2.24) is 13.5 Å². The van der Waals surface area contributed by atoms with Crippen molar-refractivity contribution in [1.29, 1.82) is 0 Å². The van der Waals surface area contributed by atoms with Crippen LogP contribution < -0.4 is 0 Å². The molecule has 1 amide bonds. The third-order valence-corrected chi connectivity index (χ3v) is 7.65. The quantitative estimate of drug-likeness (QED) is 0.756. The number of nitrogens with zero attached hydrogens (tertiary/aromatic N) is 3. The monoisotopic (exact) mass is 379 g/mol. The van der Waals surface area contributed by atoms with Gasteiger partial charge in [-0.1, -0.05) is 30.3 Å². The molecule has 6 nitrogen and oxygen atoms in total. The maximum absolute atomic E-state index is 12.5. The Bertz CT molecular complexity index is 726. The Kier molecular flexibility index (Phi) is 5.69. The van der Waals surface area contributed by atoms with Crippen LogP contribution in [0.15, 0.2) is 30.3 Å². The number of amides is 1. The molecule has 0 radical (unpaired) electrons. The van der Waals surface area contributed by atoms with Gasteiger partial charge in [-0.3, -0.25) is 4.79 Å². The molecule has 0 bridgehead atoms. The van der Waals surface area contributed by atoms with E-state index in [1.165, 1.54) is 9.87 Å². The van der Waals surface area contributed by atoms with Gasteiger partial charge in [-0.15, -0.1) is 0 Å². The molecule has 1 aromatic rings. The maximum atomic E-state index is 12.5. The highest BCUT2D eigenvalue weighted by molar-refractivity contribution is 7.86. The summed E-state index contributed by atoms with van der Waals surface area (Å²) in [5.41, 5.74) is 1.26. The molecular weight excluding hydrogens is 350 g/mol. The number of hydrogen-bond acceptors (Lipinski definition) is 3. The normalized spacial score (nSPS) is 21.0. The van der Waals surface area contributed by atoms with Crippen molar-refractivity contribution in [2.45, 2.75) is 32.1 Å². The lowest BCUT2D eigenvalue weighted by molar-refractivity contribution is -0.127. The first-order valence-corrected chi connectivity index (χ1v) is 10.7. The summed E-state index contributed by atoms with van der Waals surface area (Å²) >= 11 is 0. The van der Waals surface area contributed by atoms with Gasteiger partial charge in [0.15, 0.2) is 0 Å². The first-order valence-electron chi connectivity index (χ1n) is 9.32. The zero-order valence-electron chi connectivity index (χ0n) is 15.7. The lowest BCUT2D eigenvalue weighted by Gasteiger charge is -2.38. The zero-order valence-corrected chi connectivity index (χ0v) is 16.5. The average Bonchev–Trinajstić information content (AvgIpc) is 2.91. The van der Waals surface area contributed by atoms with Gasteiger partial charge in [-0.05, 0) is 36.7 Å². The molecule has 2 saturated heterocycles. The minimum absolute atomic E-state index is 0.0395. The Morgan fingerprint density at radius 1 is 1.12 bits per heavy atom. The summed E-state index contributed by atoms with van der Waals surface area (Å²) in [5, 5.41) is 0. The van der Waals surface area contributed by atoms with E-state index in [0.717, 1.165) is 38.8 Å². The van der Waals surface area contributed by atoms with Crippen LogP contribution in [0.25, 0.3) is 0 Å². The first-order chi connectivity index (χ1) is 12.3. The molecule has 2 aliphatic heterocycles. The molecule has 0 N–H and O–H groups in total. The van der Waals surface area contributed by atoms with Crippen molar-refractivity contribution in [2.75, 3.05) is 40.3 Å². The van der Waals surface area contributed by atoms with Crippen molar-refractivity contribution in [3.63, 3.8) is 0 Å². The second-order valence-electron chi connectivity index (χ2n) is 7.77. The molecule has 3 rings (SSSR count). The fraction of sp³-hybridized carbons (Fsp3) is 0.632. The summed E-state index contributed by atoms with van der Waals surface area (Å²) in [5.74, 6) is 0.224. The van der Waals surface area contributed by atoms with E-state index in [2.05, 4.69) is 12.1 Å². The molecule has 0 atom stereocenters. The largest absolute Gasteiger partial charge is 0.342 e. The van der Waals surface area contributed by atoms with Crippen LogP contribution in [0, 0.1) is 5.41 Å². The molecule has 2 aliphatic rings. The van der Waals surface area contributed by atoms with E-state index < -0.39 is 10.2 Å². The van der Waals surface area contributed by atoms with Crippen LogP contribution in [-0.2, 0) is 21.4 Å². The lowest BCUT2D eigenvalue weighted by atomic mass is 9.78. The Morgan fingerprint density at radius 2 is 1.77 bits per heavy atom. The van der Waals surface area contributed by atoms with E-state index in [1.54, 1.807) is 18.4 Å². The predicted octanol–water partition coefficient (Wildman–Crippen LogP) is 1.74. The number of carbonyl (C=O) groups is 1. The maximum Gasteiger partial charge on any atom is 0.281 e. The van der Waals surface area contributed by atoms with E-state index in [0.29, 0.717) is 19.5 Å². The molecule has 0 aromatic heterocycles. The number of carbonyl (C=O) groups excluding carboxylic acids is 1. The summed E-state index contributed by atoms with van der Waals surface area (Å²) in [6.45, 7) is 2.57. The first kappa shape index (κ1) is 19.3. The molecule has 2 heterocycles. The lowest BCUT2D eigenvalue weighted by Crippen LogP contribution is -2.48. The molecule has 7 heteroatoms. The van der Waals surface area contributed by atoms with Crippen LogP contribution in [0.2, 0.25) is 0 Å². The van der Waals surface area contributed by atoms with Gasteiger partial charge < -0.3 is 4.90 Å². The fourth-order valence-corrected chi connectivity index (χ4v) is 5.17. The number of piperidine rings is 1. The molecule has 1 spiro atoms. The van der Waals surface area contributed by atoms with Gasteiger partial charge in [-0.25, -0.2) is 0 Å². The number of hydrogen-bond donors (Lipinski definition) is 0. The third-order valence-electron chi connectivity index (χ3n) is 5.71. The highest BCUT2D eigenvalue weighted by atomic mass is 32.2. The molecule has 0 saturated carbocycles. The van der Waals surface area contributed by atoms with E-state index in [-0.39, 0.29) is 11.3 Å². The third kappa shape index (κ3) is 4.10. The summed E-state index contributed by atoms with van der Waals surface area (Å²) in [6.07, 6.45) is 4.04. The van der Waals surface area contributed by atoms with Crippen molar-refractivity contribution in [2.24, 2.45) is 5.41 Å². The van der Waals surface area contributed by atoms with E-state index in [9.17, 15) is 13.2 Å². The van der Waals surface area contributed by atoms with Crippen LogP contribution in [-0.4, -0.2) is 68.1 Å². The van der Waals surface area contributed by atoms with Gasteiger partial charge in [0.25, 0.3) is 10.2 Å². The van der Waals surface area contributed by atoms with Gasteiger partial charge in [0, 0.05) is 46.7 Å². The average molecular weight is 380 g/mol. The molecule has 1 aromatic carbocycles. The summed E-state index contributed by atoms with van der Waals surface area (Å²) in [7, 11) is -0.224. The van der Waals surface area contributed by atoms with Crippen molar-refractivity contribution < 1.29 is 13.2 Å². The second-order valence-corrected chi connectivity index (χ2v) is 9.91. The Morgan fingerprint density at radius 3 is 2.38 bits per heavy atom. The minimum atomic E-state index is -3.35. The van der Waals surface area contributed by atoms with Crippen molar-refractivity contribution in [3.05, 3.63) is 35.9 Å². The topological polar surface area (TPSA) is 60.9 Å². The number of rotatable bonds is 6. The smallest absolute Gasteiger partial charge is 0.281 e. The summed E-state index contributed by atoms with van der Waals surface area (Å²) in [6, 6.07) is 10.3. The number of aryl methyl sites for hydroxylation is 1. The van der Waals surface area contributed by atoms with E-state index in [1.807, 2.05) is 23.1 Å². The van der Waals surface area contributed by atoms with Crippen molar-refractivity contribution >= 4 is 16.1 Å². The Balaban J connectivity index is 1.52. The summed E-state index contributed by atoms with van der Waals surface area (Å²) < 4.78 is 27.3. The van der Waals surface area contributed by atoms with E-state index >= 15 is 0 Å². The highest BCUT2D eigenvalue weighted by Gasteiger charge is 2.46. The standard InChI is InChI=1S/C19H29N3O3S/c1-20(2)26(24,25)22-13-10-19(11-14-22)15-18(23)21(16-19)12-6-9-17-7-4-3-5-8-17/h3-5,7-8H,6,9-16H2,1-2H3. The summed E-state index contributed by atoms with van der Waals surface area (Å²) in [4.78, 5) is 14.4. The Hall–Kier alpha value is -1.44. The second kappa shape index (κ2) is 7.66. The van der Waals surface area contributed by atoms with Gasteiger partial charge in [0.2, 0.25) is 5.91 Å².